The van der Waals surface area contributed by atoms with Gasteiger partial charge in [-0.15, -0.1) is 0 Å². The lowest BCUT2D eigenvalue weighted by Gasteiger charge is -2.22. The van der Waals surface area contributed by atoms with E-state index in [0.717, 1.165) is 5.70 Å². The van der Waals surface area contributed by atoms with Crippen molar-refractivity contribution in [2.75, 3.05) is 0 Å². The summed E-state index contributed by atoms with van der Waals surface area (Å²) in [5.74, 6) is 1.12. The monoisotopic (exact) mass is 137 g/mol. The third-order valence-electron chi connectivity index (χ3n) is 2.23. The lowest BCUT2D eigenvalue weighted by atomic mass is 9.86. The van der Waals surface area contributed by atoms with E-state index in [4.69, 9.17) is 5.73 Å². The number of hydrogen-bond donors (Lipinski definition) is 1. The van der Waals surface area contributed by atoms with Gasteiger partial charge in [0.2, 0.25) is 0 Å². The van der Waals surface area contributed by atoms with E-state index >= 15 is 0 Å². The van der Waals surface area contributed by atoms with E-state index in [0.29, 0.717) is 11.8 Å². The van der Waals surface area contributed by atoms with E-state index in [2.05, 4.69) is 32.9 Å². The second-order valence-corrected chi connectivity index (χ2v) is 3.20. The second-order valence-electron chi connectivity index (χ2n) is 3.20. The van der Waals surface area contributed by atoms with Gasteiger partial charge in [-0.2, -0.15) is 0 Å². The molecule has 2 N–H and O–H groups in total. The highest BCUT2D eigenvalue weighted by Gasteiger charge is 2.15. The molecular formula is C9H15N. The number of rotatable bonds is 0. The van der Waals surface area contributed by atoms with E-state index in [-0.39, 0.29) is 0 Å². The zero-order chi connectivity index (χ0) is 7.72. The molecule has 1 aliphatic carbocycles. The van der Waals surface area contributed by atoms with Gasteiger partial charge in [-0.3, -0.25) is 0 Å². The highest BCUT2D eigenvalue weighted by molar-refractivity contribution is 5.27. The summed E-state index contributed by atoms with van der Waals surface area (Å²) in [5.41, 5.74) is 8.09. The summed E-state index contributed by atoms with van der Waals surface area (Å²) < 4.78 is 0. The molecule has 0 aromatic carbocycles. The summed E-state index contributed by atoms with van der Waals surface area (Å²) in [6.45, 7) is 6.46. The first kappa shape index (κ1) is 7.39. The molecule has 1 aliphatic rings. The molecule has 56 valence electrons. The predicted octanol–water partition coefficient (Wildman–Crippen LogP) is 2.06. The van der Waals surface area contributed by atoms with Gasteiger partial charge in [0.1, 0.15) is 0 Å². The normalized spacial score (nSPS) is 33.1. The van der Waals surface area contributed by atoms with Crippen LogP contribution >= 0.6 is 0 Å². The zero-order valence-electron chi connectivity index (χ0n) is 6.89. The maximum atomic E-state index is 5.78. The first-order valence-electron chi connectivity index (χ1n) is 3.76. The molecule has 0 aliphatic heterocycles. The summed E-state index contributed by atoms with van der Waals surface area (Å²) in [7, 11) is 0. The fourth-order valence-corrected chi connectivity index (χ4v) is 1.31. The summed E-state index contributed by atoms with van der Waals surface area (Å²) in [4.78, 5) is 0. The fraction of sp³-hybridized carbons (Fsp3) is 0.556. The molecule has 2 atom stereocenters. The Kier molecular flexibility index (Phi) is 1.84. The van der Waals surface area contributed by atoms with Crippen LogP contribution in [-0.2, 0) is 0 Å². The van der Waals surface area contributed by atoms with Gasteiger partial charge in [-0.1, -0.05) is 25.5 Å². The maximum Gasteiger partial charge on any atom is 0.0118 e. The van der Waals surface area contributed by atoms with Crippen molar-refractivity contribution in [3.05, 3.63) is 23.4 Å². The average Bonchev–Trinajstić information content (AvgIpc) is 1.82. The number of hydrogen-bond acceptors (Lipinski definition) is 1. The molecule has 0 fully saturated rings. The predicted molar refractivity (Wildman–Crippen MR) is 44.4 cm³/mol. The summed E-state index contributed by atoms with van der Waals surface area (Å²) in [6.07, 6.45) is 4.33. The van der Waals surface area contributed by atoms with E-state index in [1.165, 1.54) is 5.57 Å². The summed E-state index contributed by atoms with van der Waals surface area (Å²) in [6, 6.07) is 0. The molecule has 0 radical (unpaired) electrons. The SMILES string of the molecule is CC1=CC(C)C(C)C(N)=C1. The lowest BCUT2D eigenvalue weighted by Crippen LogP contribution is -2.18. The third kappa shape index (κ3) is 1.23. The first-order valence-corrected chi connectivity index (χ1v) is 3.76. The molecule has 0 aromatic heterocycles. The minimum Gasteiger partial charge on any atom is -0.402 e. The van der Waals surface area contributed by atoms with Gasteiger partial charge in [0.25, 0.3) is 0 Å². The van der Waals surface area contributed by atoms with E-state index in [1.54, 1.807) is 0 Å². The molecule has 2 unspecified atom stereocenters. The molecule has 0 aromatic rings. The highest BCUT2D eigenvalue weighted by atomic mass is 14.6. The second kappa shape index (κ2) is 2.49. The van der Waals surface area contributed by atoms with E-state index < -0.39 is 0 Å². The van der Waals surface area contributed by atoms with Gasteiger partial charge < -0.3 is 5.73 Å². The van der Waals surface area contributed by atoms with Crippen LogP contribution in [0.25, 0.3) is 0 Å². The van der Waals surface area contributed by atoms with E-state index in [1.807, 2.05) is 0 Å². The Morgan fingerprint density at radius 2 is 2.00 bits per heavy atom. The smallest absolute Gasteiger partial charge is 0.0118 e. The van der Waals surface area contributed by atoms with Crippen LogP contribution in [-0.4, -0.2) is 0 Å². The quantitative estimate of drug-likeness (QED) is 0.543. The molecule has 0 saturated carbocycles. The van der Waals surface area contributed by atoms with Crippen LogP contribution in [0.15, 0.2) is 23.4 Å². The first-order chi connectivity index (χ1) is 4.61. The van der Waals surface area contributed by atoms with Crippen LogP contribution in [0, 0.1) is 11.8 Å². The Balaban J connectivity index is 2.85. The van der Waals surface area contributed by atoms with Crippen LogP contribution in [0.3, 0.4) is 0 Å². The van der Waals surface area contributed by atoms with Crippen LogP contribution in [0.1, 0.15) is 20.8 Å². The standard InChI is InChI=1S/C9H15N/c1-6-4-7(2)8(3)9(10)5-6/h4-5,7-8H,10H2,1-3H3. The minimum atomic E-state index is 0.517. The largest absolute Gasteiger partial charge is 0.402 e. The van der Waals surface area contributed by atoms with Gasteiger partial charge in [-0.05, 0) is 18.9 Å². The Morgan fingerprint density at radius 3 is 2.50 bits per heavy atom. The van der Waals surface area contributed by atoms with Crippen molar-refractivity contribution in [1.82, 2.24) is 0 Å². The summed E-state index contributed by atoms with van der Waals surface area (Å²) in [5, 5.41) is 0. The van der Waals surface area contributed by atoms with Gasteiger partial charge >= 0.3 is 0 Å². The third-order valence-corrected chi connectivity index (χ3v) is 2.23. The van der Waals surface area contributed by atoms with Crippen LogP contribution < -0.4 is 5.73 Å². The van der Waals surface area contributed by atoms with Crippen LogP contribution in [0.2, 0.25) is 0 Å². The highest BCUT2D eigenvalue weighted by Crippen LogP contribution is 2.24. The molecule has 0 bridgehead atoms. The number of nitrogens with two attached hydrogens (primary N) is 1. The molecule has 10 heavy (non-hydrogen) atoms. The van der Waals surface area contributed by atoms with Crippen molar-refractivity contribution in [3.8, 4) is 0 Å². The number of allylic oxidation sites excluding steroid dienone is 4. The van der Waals surface area contributed by atoms with Crippen molar-refractivity contribution in [1.29, 1.82) is 0 Å². The fourth-order valence-electron chi connectivity index (χ4n) is 1.31. The molecule has 0 heterocycles. The average molecular weight is 137 g/mol. The Hall–Kier alpha value is -0.720. The molecular weight excluding hydrogens is 122 g/mol. The lowest BCUT2D eigenvalue weighted by molar-refractivity contribution is 0.514. The van der Waals surface area contributed by atoms with Crippen molar-refractivity contribution in [2.24, 2.45) is 17.6 Å². The molecule has 1 rings (SSSR count). The van der Waals surface area contributed by atoms with Crippen LogP contribution in [0.5, 0.6) is 0 Å². The Bertz CT molecular complexity index is 189. The summed E-state index contributed by atoms with van der Waals surface area (Å²) >= 11 is 0. The molecule has 0 spiro atoms. The molecule has 0 saturated heterocycles. The van der Waals surface area contributed by atoms with Gasteiger partial charge in [0.15, 0.2) is 0 Å². The molecule has 0 amide bonds. The van der Waals surface area contributed by atoms with Gasteiger partial charge in [-0.25, -0.2) is 0 Å². The van der Waals surface area contributed by atoms with Crippen molar-refractivity contribution in [2.45, 2.75) is 20.8 Å². The Labute approximate surface area is 62.6 Å². The van der Waals surface area contributed by atoms with Crippen molar-refractivity contribution in [3.63, 3.8) is 0 Å². The maximum absolute atomic E-state index is 5.78. The molecule has 1 nitrogen and oxygen atoms in total. The minimum absolute atomic E-state index is 0.517. The van der Waals surface area contributed by atoms with Crippen LogP contribution in [0.4, 0.5) is 0 Å². The van der Waals surface area contributed by atoms with Gasteiger partial charge in [0, 0.05) is 11.6 Å². The zero-order valence-corrected chi connectivity index (χ0v) is 6.89. The molecule has 1 heteroatoms. The van der Waals surface area contributed by atoms with Gasteiger partial charge in [0.05, 0.1) is 0 Å². The van der Waals surface area contributed by atoms with Crippen molar-refractivity contribution >= 4 is 0 Å². The Morgan fingerprint density at radius 1 is 1.40 bits per heavy atom. The van der Waals surface area contributed by atoms with Crippen molar-refractivity contribution < 1.29 is 0 Å². The van der Waals surface area contributed by atoms with E-state index in [9.17, 15) is 0 Å². The topological polar surface area (TPSA) is 26.0 Å².